The number of hydrogen-bond acceptors (Lipinski definition) is 1. The number of aryl methyl sites for hydroxylation is 1. The smallest absolute Gasteiger partial charge is 0.195 e. The fraction of sp³-hybridized carbons (Fsp3) is 0.194. The summed E-state index contributed by atoms with van der Waals surface area (Å²) < 4.78 is 0. The summed E-state index contributed by atoms with van der Waals surface area (Å²) in [4.78, 5) is 14.2. The minimum atomic E-state index is 0.125. The van der Waals surface area contributed by atoms with Gasteiger partial charge in [-0.1, -0.05) is 110 Å². The van der Waals surface area contributed by atoms with E-state index in [4.69, 9.17) is 0 Å². The number of carbonyl (C=O) groups is 1. The average Bonchev–Trinajstić information content (AvgIpc) is 3.14. The highest BCUT2D eigenvalue weighted by molar-refractivity contribution is 6.40. The van der Waals surface area contributed by atoms with Crippen molar-refractivity contribution in [1.29, 1.82) is 0 Å². The average molecular weight is 419 g/mol. The van der Waals surface area contributed by atoms with E-state index in [1.807, 2.05) is 13.0 Å². The van der Waals surface area contributed by atoms with Crippen LogP contribution in [0.3, 0.4) is 0 Å². The molecule has 32 heavy (non-hydrogen) atoms. The highest BCUT2D eigenvalue weighted by Gasteiger charge is 2.37. The number of hydrogen-bond donors (Lipinski definition) is 0. The van der Waals surface area contributed by atoms with E-state index in [1.165, 1.54) is 5.56 Å². The summed E-state index contributed by atoms with van der Waals surface area (Å²) in [6.07, 6.45) is 16.8. The number of rotatable bonds is 6. The molecule has 1 heteroatoms. The fourth-order valence-electron chi connectivity index (χ4n) is 4.54. The third-order valence-electron chi connectivity index (χ3n) is 6.13. The predicted octanol–water partition coefficient (Wildman–Crippen LogP) is 7.83. The lowest BCUT2D eigenvalue weighted by Crippen LogP contribution is -2.06. The maximum absolute atomic E-state index is 14.2. The summed E-state index contributed by atoms with van der Waals surface area (Å²) in [5.41, 5.74) is 8.15. The zero-order valence-corrected chi connectivity index (χ0v) is 19.1. The Bertz CT molecular complexity index is 1180. The molecule has 0 aromatic heterocycles. The number of Topliss-reactive ketones (excluding diaryl/α,β-unsaturated/α-hetero) is 1. The molecule has 0 amide bonds. The number of benzene rings is 2. The molecule has 2 aromatic carbocycles. The molecule has 1 unspecified atom stereocenters. The normalized spacial score (nSPS) is 19.0. The van der Waals surface area contributed by atoms with Crippen molar-refractivity contribution in [3.63, 3.8) is 0 Å². The summed E-state index contributed by atoms with van der Waals surface area (Å²) in [6.45, 7) is 6.22. The summed E-state index contributed by atoms with van der Waals surface area (Å²) in [7, 11) is 0. The SMILES string of the molecule is C/C=C(\C=C/CC)C1=C(c2ccccc2)C(C2C=CC=CC2)=C(c2ccc(C)cc2)C1=O. The van der Waals surface area contributed by atoms with Crippen LogP contribution in [-0.2, 0) is 4.79 Å². The molecule has 0 saturated heterocycles. The third kappa shape index (κ3) is 4.16. The van der Waals surface area contributed by atoms with Gasteiger partial charge in [0, 0.05) is 17.1 Å². The fourth-order valence-corrected chi connectivity index (χ4v) is 4.54. The molecule has 0 bridgehead atoms. The first-order valence-corrected chi connectivity index (χ1v) is 11.5. The summed E-state index contributed by atoms with van der Waals surface area (Å²) in [5, 5.41) is 0. The van der Waals surface area contributed by atoms with E-state index in [1.54, 1.807) is 0 Å². The molecular weight excluding hydrogens is 388 g/mol. The molecule has 2 aliphatic rings. The first-order chi connectivity index (χ1) is 15.7. The van der Waals surface area contributed by atoms with E-state index in [-0.39, 0.29) is 11.7 Å². The Morgan fingerprint density at radius 3 is 2.31 bits per heavy atom. The first kappa shape index (κ1) is 21.8. The van der Waals surface area contributed by atoms with Crippen LogP contribution in [0.15, 0.2) is 114 Å². The molecule has 0 heterocycles. The van der Waals surface area contributed by atoms with Gasteiger partial charge in [-0.3, -0.25) is 4.79 Å². The number of allylic oxidation sites excluding steroid dienone is 12. The van der Waals surface area contributed by atoms with E-state index in [9.17, 15) is 4.79 Å². The Labute approximate surface area is 191 Å². The van der Waals surface area contributed by atoms with Gasteiger partial charge < -0.3 is 0 Å². The maximum atomic E-state index is 14.2. The molecule has 2 aromatic rings. The zero-order valence-electron chi connectivity index (χ0n) is 19.1. The molecule has 0 N–H and O–H groups in total. The van der Waals surface area contributed by atoms with Crippen molar-refractivity contribution in [2.45, 2.75) is 33.6 Å². The van der Waals surface area contributed by atoms with Crippen LogP contribution in [0, 0.1) is 12.8 Å². The minimum Gasteiger partial charge on any atom is -0.289 e. The molecule has 0 radical (unpaired) electrons. The summed E-state index contributed by atoms with van der Waals surface area (Å²) in [5.74, 6) is 0.292. The van der Waals surface area contributed by atoms with E-state index >= 15 is 0 Å². The molecule has 2 aliphatic carbocycles. The topological polar surface area (TPSA) is 17.1 Å². The second-order valence-corrected chi connectivity index (χ2v) is 8.31. The van der Waals surface area contributed by atoms with Gasteiger partial charge in [-0.05, 0) is 54.5 Å². The Hall–Kier alpha value is -3.45. The highest BCUT2D eigenvalue weighted by atomic mass is 16.1. The van der Waals surface area contributed by atoms with Gasteiger partial charge in [0.1, 0.15) is 0 Å². The van der Waals surface area contributed by atoms with Crippen LogP contribution in [-0.4, -0.2) is 5.78 Å². The molecule has 0 fully saturated rings. The Morgan fingerprint density at radius 1 is 0.969 bits per heavy atom. The third-order valence-corrected chi connectivity index (χ3v) is 6.13. The highest BCUT2D eigenvalue weighted by Crippen LogP contribution is 2.48. The van der Waals surface area contributed by atoms with Gasteiger partial charge in [-0.2, -0.15) is 0 Å². The zero-order chi connectivity index (χ0) is 22.5. The summed E-state index contributed by atoms with van der Waals surface area (Å²) in [6, 6.07) is 18.8. The summed E-state index contributed by atoms with van der Waals surface area (Å²) >= 11 is 0. The molecular formula is C31H30O. The molecule has 1 atom stereocenters. The Balaban J connectivity index is 2.02. The van der Waals surface area contributed by atoms with Gasteiger partial charge in [-0.15, -0.1) is 0 Å². The van der Waals surface area contributed by atoms with Gasteiger partial charge in [-0.25, -0.2) is 0 Å². The second-order valence-electron chi connectivity index (χ2n) is 8.31. The maximum Gasteiger partial charge on any atom is 0.195 e. The molecule has 0 spiro atoms. The lowest BCUT2D eigenvalue weighted by Gasteiger charge is -2.21. The van der Waals surface area contributed by atoms with Gasteiger partial charge in [0.25, 0.3) is 0 Å². The van der Waals surface area contributed by atoms with E-state index in [2.05, 4.69) is 105 Å². The van der Waals surface area contributed by atoms with Crippen molar-refractivity contribution >= 4 is 16.9 Å². The van der Waals surface area contributed by atoms with Gasteiger partial charge >= 0.3 is 0 Å². The Morgan fingerprint density at radius 2 is 1.69 bits per heavy atom. The van der Waals surface area contributed by atoms with Gasteiger partial charge in [0.05, 0.1) is 0 Å². The van der Waals surface area contributed by atoms with Crippen LogP contribution in [0.5, 0.6) is 0 Å². The molecule has 0 aliphatic heterocycles. The van der Waals surface area contributed by atoms with Crippen LogP contribution in [0.2, 0.25) is 0 Å². The monoisotopic (exact) mass is 418 g/mol. The molecule has 0 saturated carbocycles. The second kappa shape index (κ2) is 9.78. The van der Waals surface area contributed by atoms with Crippen molar-refractivity contribution in [1.82, 2.24) is 0 Å². The quantitative estimate of drug-likeness (QED) is 0.437. The molecule has 4 rings (SSSR count). The van der Waals surface area contributed by atoms with Crippen LogP contribution >= 0.6 is 0 Å². The molecule has 160 valence electrons. The van der Waals surface area contributed by atoms with E-state index < -0.39 is 0 Å². The lowest BCUT2D eigenvalue weighted by molar-refractivity contribution is -0.110. The number of carbonyl (C=O) groups excluding carboxylic acids is 1. The van der Waals surface area contributed by atoms with E-state index in [0.717, 1.165) is 51.8 Å². The van der Waals surface area contributed by atoms with Crippen molar-refractivity contribution < 1.29 is 4.79 Å². The van der Waals surface area contributed by atoms with Crippen molar-refractivity contribution in [3.05, 3.63) is 131 Å². The largest absolute Gasteiger partial charge is 0.289 e. The van der Waals surface area contributed by atoms with E-state index in [0.29, 0.717) is 0 Å². The van der Waals surface area contributed by atoms with Gasteiger partial charge in [0.2, 0.25) is 0 Å². The number of ketones is 1. The van der Waals surface area contributed by atoms with Crippen LogP contribution in [0.25, 0.3) is 11.1 Å². The van der Waals surface area contributed by atoms with Crippen molar-refractivity contribution in [3.8, 4) is 0 Å². The van der Waals surface area contributed by atoms with Crippen molar-refractivity contribution in [2.24, 2.45) is 5.92 Å². The molecule has 1 nitrogen and oxygen atoms in total. The standard InChI is InChI=1S/C31H30O/c1-4-6-13-23(5-2)29-27(24-14-9-7-10-15-24)28(25-16-11-8-12-17-25)30(31(29)32)26-20-18-22(3)19-21-26/h5-16,18-21,25H,4,17H2,1-3H3/b13-6-,23-5+. The lowest BCUT2D eigenvalue weighted by atomic mass is 9.82. The predicted molar refractivity (Wildman–Crippen MR) is 136 cm³/mol. The van der Waals surface area contributed by atoms with Gasteiger partial charge in [0.15, 0.2) is 5.78 Å². The first-order valence-electron chi connectivity index (χ1n) is 11.5. The van der Waals surface area contributed by atoms with Crippen LogP contribution in [0.4, 0.5) is 0 Å². The van der Waals surface area contributed by atoms with Crippen molar-refractivity contribution in [2.75, 3.05) is 0 Å². The Kier molecular flexibility index (Phi) is 6.66. The van der Waals surface area contributed by atoms with Crippen LogP contribution in [0.1, 0.15) is 43.4 Å². The minimum absolute atomic E-state index is 0.125. The van der Waals surface area contributed by atoms with Crippen LogP contribution < -0.4 is 0 Å².